The van der Waals surface area contributed by atoms with Crippen molar-refractivity contribution in [2.75, 3.05) is 11.4 Å². The fourth-order valence-corrected chi connectivity index (χ4v) is 2.08. The second kappa shape index (κ2) is 6.92. The van der Waals surface area contributed by atoms with Gasteiger partial charge in [-0.15, -0.1) is 0 Å². The lowest BCUT2D eigenvalue weighted by Crippen LogP contribution is -2.32. The van der Waals surface area contributed by atoms with Gasteiger partial charge in [-0.25, -0.2) is 0 Å². The number of benzene rings is 1. The smallest absolute Gasteiger partial charge is 0.303 e. The van der Waals surface area contributed by atoms with Crippen LogP contribution in [0.3, 0.4) is 0 Å². The van der Waals surface area contributed by atoms with Crippen molar-refractivity contribution in [2.24, 2.45) is 5.92 Å². The van der Waals surface area contributed by atoms with Crippen molar-refractivity contribution < 1.29 is 14.7 Å². The lowest BCUT2D eigenvalue weighted by molar-refractivity contribution is -0.138. The number of carboxylic acid groups (broad SMARTS) is 1. The number of amides is 1. The first kappa shape index (κ1) is 15.2. The zero-order valence-corrected chi connectivity index (χ0v) is 11.7. The lowest BCUT2D eigenvalue weighted by atomic mass is 10.0. The highest BCUT2D eigenvalue weighted by atomic mass is 16.4. The summed E-state index contributed by atoms with van der Waals surface area (Å²) in [5.41, 5.74) is 1.97. The van der Waals surface area contributed by atoms with Gasteiger partial charge in [0.1, 0.15) is 0 Å². The number of hydrogen-bond donors (Lipinski definition) is 1. The zero-order chi connectivity index (χ0) is 14.4. The summed E-state index contributed by atoms with van der Waals surface area (Å²) < 4.78 is 0. The molecule has 1 unspecified atom stereocenters. The maximum atomic E-state index is 12.2. The molecule has 19 heavy (non-hydrogen) atoms. The van der Waals surface area contributed by atoms with Gasteiger partial charge < -0.3 is 10.0 Å². The highest BCUT2D eigenvalue weighted by Gasteiger charge is 2.18. The molecule has 0 saturated heterocycles. The monoisotopic (exact) mass is 263 g/mol. The Balaban J connectivity index is 2.74. The predicted octanol–water partition coefficient (Wildman–Crippen LogP) is 2.85. The highest BCUT2D eigenvalue weighted by molar-refractivity contribution is 5.93. The molecule has 1 N–H and O–H groups in total. The molecule has 1 atom stereocenters. The average molecular weight is 263 g/mol. The van der Waals surface area contributed by atoms with Gasteiger partial charge in [0, 0.05) is 25.1 Å². The first-order chi connectivity index (χ1) is 8.93. The van der Waals surface area contributed by atoms with Gasteiger partial charge in [-0.1, -0.05) is 19.1 Å². The van der Waals surface area contributed by atoms with Gasteiger partial charge in [0.2, 0.25) is 5.91 Å². The molecule has 1 rings (SSSR count). The van der Waals surface area contributed by atoms with E-state index in [0.29, 0.717) is 6.54 Å². The third kappa shape index (κ3) is 4.73. The number of aliphatic carboxylic acids is 1. The standard InChI is InChI=1S/C15H21NO3/c1-4-16(13-7-5-6-11(2)8-13)14(17)9-12(3)10-15(18)19/h5-8,12H,4,9-10H2,1-3H3,(H,18,19). The Kier molecular flexibility index (Phi) is 5.55. The van der Waals surface area contributed by atoms with E-state index in [9.17, 15) is 9.59 Å². The quantitative estimate of drug-likeness (QED) is 0.858. The number of carboxylic acids is 1. The predicted molar refractivity (Wildman–Crippen MR) is 75.2 cm³/mol. The summed E-state index contributed by atoms with van der Waals surface area (Å²) in [6, 6.07) is 7.76. The van der Waals surface area contributed by atoms with Crippen LogP contribution >= 0.6 is 0 Å². The molecule has 4 nitrogen and oxygen atoms in total. The normalized spacial score (nSPS) is 11.9. The first-order valence-corrected chi connectivity index (χ1v) is 6.52. The van der Waals surface area contributed by atoms with Crippen LogP contribution < -0.4 is 4.90 Å². The van der Waals surface area contributed by atoms with Crippen molar-refractivity contribution in [1.82, 2.24) is 0 Å². The Morgan fingerprint density at radius 3 is 2.53 bits per heavy atom. The van der Waals surface area contributed by atoms with Crippen LogP contribution in [0.4, 0.5) is 5.69 Å². The van der Waals surface area contributed by atoms with E-state index in [2.05, 4.69) is 0 Å². The van der Waals surface area contributed by atoms with Gasteiger partial charge >= 0.3 is 5.97 Å². The molecule has 1 aromatic carbocycles. The Labute approximate surface area is 114 Å². The molecule has 1 aromatic rings. The first-order valence-electron chi connectivity index (χ1n) is 6.52. The molecule has 0 saturated carbocycles. The molecule has 0 aliphatic carbocycles. The molecule has 0 aliphatic rings. The molecule has 0 fully saturated rings. The van der Waals surface area contributed by atoms with Crippen molar-refractivity contribution in [2.45, 2.75) is 33.6 Å². The third-order valence-electron chi connectivity index (χ3n) is 2.98. The van der Waals surface area contributed by atoms with Crippen LogP contribution in [0.25, 0.3) is 0 Å². The summed E-state index contributed by atoms with van der Waals surface area (Å²) in [6.07, 6.45) is 0.283. The molecule has 4 heteroatoms. The molecule has 1 amide bonds. The number of rotatable bonds is 6. The topological polar surface area (TPSA) is 57.6 Å². The maximum absolute atomic E-state index is 12.2. The van der Waals surface area contributed by atoms with Crippen LogP contribution in [0.1, 0.15) is 32.3 Å². The Hall–Kier alpha value is -1.84. The van der Waals surface area contributed by atoms with E-state index in [1.165, 1.54) is 0 Å². The van der Waals surface area contributed by atoms with Gasteiger partial charge in [0.25, 0.3) is 0 Å². The molecule has 0 radical (unpaired) electrons. The van der Waals surface area contributed by atoms with Crippen LogP contribution in [0.15, 0.2) is 24.3 Å². The van der Waals surface area contributed by atoms with Crippen LogP contribution in [0, 0.1) is 12.8 Å². The second-order valence-corrected chi connectivity index (χ2v) is 4.88. The van der Waals surface area contributed by atoms with Crippen LogP contribution in [0.2, 0.25) is 0 Å². The number of nitrogens with zero attached hydrogens (tertiary/aromatic N) is 1. The van der Waals surface area contributed by atoms with Crippen molar-refractivity contribution in [3.8, 4) is 0 Å². The maximum Gasteiger partial charge on any atom is 0.303 e. The van der Waals surface area contributed by atoms with Crippen molar-refractivity contribution in [3.63, 3.8) is 0 Å². The second-order valence-electron chi connectivity index (χ2n) is 4.88. The number of anilines is 1. The van der Waals surface area contributed by atoms with Crippen LogP contribution in [0.5, 0.6) is 0 Å². The van der Waals surface area contributed by atoms with Crippen molar-refractivity contribution in [1.29, 1.82) is 0 Å². The van der Waals surface area contributed by atoms with Gasteiger partial charge in [0.05, 0.1) is 0 Å². The summed E-state index contributed by atoms with van der Waals surface area (Å²) in [7, 11) is 0. The van der Waals surface area contributed by atoms with E-state index in [1.807, 2.05) is 38.1 Å². The number of carbonyl (C=O) groups excluding carboxylic acids is 1. The molecule has 0 bridgehead atoms. The number of hydrogen-bond acceptors (Lipinski definition) is 2. The molecule has 0 aliphatic heterocycles. The summed E-state index contributed by atoms with van der Waals surface area (Å²) in [5, 5.41) is 8.72. The zero-order valence-electron chi connectivity index (χ0n) is 11.7. The molecular weight excluding hydrogens is 242 g/mol. The van der Waals surface area contributed by atoms with Gasteiger partial charge in [-0.2, -0.15) is 0 Å². The highest BCUT2D eigenvalue weighted by Crippen LogP contribution is 2.19. The lowest BCUT2D eigenvalue weighted by Gasteiger charge is -2.23. The van der Waals surface area contributed by atoms with E-state index < -0.39 is 5.97 Å². The molecule has 0 spiro atoms. The Morgan fingerprint density at radius 1 is 1.32 bits per heavy atom. The van der Waals surface area contributed by atoms with E-state index in [1.54, 1.807) is 11.8 Å². The Morgan fingerprint density at radius 2 is 2.00 bits per heavy atom. The fraction of sp³-hybridized carbons (Fsp3) is 0.467. The third-order valence-corrected chi connectivity index (χ3v) is 2.98. The van der Waals surface area contributed by atoms with Crippen molar-refractivity contribution >= 4 is 17.6 Å². The minimum absolute atomic E-state index is 0.0249. The van der Waals surface area contributed by atoms with Gasteiger partial charge in [-0.05, 0) is 37.5 Å². The molecule has 104 valence electrons. The largest absolute Gasteiger partial charge is 0.481 e. The van der Waals surface area contributed by atoms with Crippen LogP contribution in [-0.2, 0) is 9.59 Å². The Bertz CT molecular complexity index is 456. The summed E-state index contributed by atoms with van der Waals surface area (Å²) in [6.45, 7) is 6.27. The fourth-order valence-electron chi connectivity index (χ4n) is 2.08. The summed E-state index contributed by atoms with van der Waals surface area (Å²) in [4.78, 5) is 24.5. The minimum atomic E-state index is -0.862. The summed E-state index contributed by atoms with van der Waals surface area (Å²) in [5.74, 6) is -1.04. The number of aryl methyl sites for hydroxylation is 1. The number of carbonyl (C=O) groups is 2. The van der Waals surface area contributed by atoms with Gasteiger partial charge in [-0.3, -0.25) is 9.59 Å². The SMILES string of the molecule is CCN(C(=O)CC(C)CC(=O)O)c1cccc(C)c1. The van der Waals surface area contributed by atoms with Crippen molar-refractivity contribution in [3.05, 3.63) is 29.8 Å². The molecule has 0 heterocycles. The van der Waals surface area contributed by atoms with Crippen LogP contribution in [-0.4, -0.2) is 23.5 Å². The minimum Gasteiger partial charge on any atom is -0.481 e. The molecular formula is C15H21NO3. The van der Waals surface area contributed by atoms with E-state index in [0.717, 1.165) is 11.3 Å². The van der Waals surface area contributed by atoms with Gasteiger partial charge in [0.15, 0.2) is 0 Å². The summed E-state index contributed by atoms with van der Waals surface area (Å²) >= 11 is 0. The molecule has 0 aromatic heterocycles. The van der Waals surface area contributed by atoms with E-state index in [-0.39, 0.29) is 24.7 Å². The van der Waals surface area contributed by atoms with E-state index >= 15 is 0 Å². The van der Waals surface area contributed by atoms with E-state index in [4.69, 9.17) is 5.11 Å². The average Bonchev–Trinajstić information content (AvgIpc) is 2.28.